The zero-order valence-electron chi connectivity index (χ0n) is 13.6. The summed E-state index contributed by atoms with van der Waals surface area (Å²) >= 11 is 0. The van der Waals surface area contributed by atoms with Crippen molar-refractivity contribution >= 4 is 11.7 Å². The lowest BCUT2D eigenvalue weighted by atomic mass is 10.0. The number of para-hydroxylation sites is 1. The Kier molecular flexibility index (Phi) is 4.06. The molecule has 0 saturated carbocycles. The van der Waals surface area contributed by atoms with Crippen LogP contribution in [-0.4, -0.2) is 25.8 Å². The molecule has 2 aromatic carbocycles. The summed E-state index contributed by atoms with van der Waals surface area (Å²) in [6, 6.07) is 13.4. The number of nitro benzene ring substituents is 1. The highest BCUT2D eigenvalue weighted by Crippen LogP contribution is 2.35. The second kappa shape index (κ2) is 6.20. The molecule has 7 heteroatoms. The van der Waals surface area contributed by atoms with E-state index in [1.807, 2.05) is 25.1 Å². The second-order valence-electron chi connectivity index (χ2n) is 5.64. The van der Waals surface area contributed by atoms with Crippen molar-refractivity contribution < 1.29 is 14.8 Å². The van der Waals surface area contributed by atoms with Crippen LogP contribution in [-0.2, 0) is 0 Å². The molecule has 0 spiro atoms. The molecule has 0 saturated heterocycles. The summed E-state index contributed by atoms with van der Waals surface area (Å²) in [5.74, 6) is -1.18. The Bertz CT molecular complexity index is 992. The minimum atomic E-state index is -1.18. The first-order chi connectivity index (χ1) is 11.9. The molecule has 0 radical (unpaired) electrons. The van der Waals surface area contributed by atoms with E-state index < -0.39 is 10.9 Å². The molecule has 126 valence electrons. The number of nitro groups is 1. The Morgan fingerprint density at radius 2 is 1.88 bits per heavy atom. The molecule has 0 aliphatic rings. The number of carbonyl (C=O) groups is 1. The molecule has 0 unspecified atom stereocenters. The number of aromatic nitrogens is 2. The molecule has 25 heavy (non-hydrogen) atoms. The molecule has 0 amide bonds. The number of aryl methyl sites for hydroxylation is 2. The molecule has 0 aliphatic carbocycles. The van der Waals surface area contributed by atoms with Gasteiger partial charge in [-0.05, 0) is 37.6 Å². The summed E-state index contributed by atoms with van der Waals surface area (Å²) in [5, 5.41) is 25.4. The lowest BCUT2D eigenvalue weighted by molar-refractivity contribution is -0.384. The standard InChI is InChI=1S/C18H15N3O4/c1-11-6-5-7-13(10-11)20-17(16(18(22)23)12(2)19-20)14-8-3-4-9-15(14)21(24)25/h3-10H,1-2H3,(H,22,23). The fraction of sp³-hybridized carbons (Fsp3) is 0.111. The number of carboxylic acids is 1. The van der Waals surface area contributed by atoms with Crippen molar-refractivity contribution in [3.05, 3.63) is 75.5 Å². The van der Waals surface area contributed by atoms with E-state index in [9.17, 15) is 20.0 Å². The molecule has 1 aromatic heterocycles. The van der Waals surface area contributed by atoms with E-state index in [1.54, 1.807) is 25.1 Å². The van der Waals surface area contributed by atoms with Gasteiger partial charge in [0.05, 0.1) is 27.6 Å². The second-order valence-corrected chi connectivity index (χ2v) is 5.64. The Labute approximate surface area is 143 Å². The van der Waals surface area contributed by atoms with E-state index in [1.165, 1.54) is 16.8 Å². The van der Waals surface area contributed by atoms with Crippen LogP contribution in [0.15, 0.2) is 48.5 Å². The molecular weight excluding hydrogens is 322 g/mol. The molecule has 0 atom stereocenters. The highest BCUT2D eigenvalue weighted by atomic mass is 16.6. The van der Waals surface area contributed by atoms with Crippen LogP contribution in [0.2, 0.25) is 0 Å². The van der Waals surface area contributed by atoms with Crippen LogP contribution in [0.5, 0.6) is 0 Å². The maximum absolute atomic E-state index is 11.8. The van der Waals surface area contributed by atoms with Gasteiger partial charge in [0.2, 0.25) is 0 Å². The summed E-state index contributed by atoms with van der Waals surface area (Å²) in [6.45, 7) is 3.48. The van der Waals surface area contributed by atoms with Gasteiger partial charge >= 0.3 is 5.97 Å². The number of benzene rings is 2. The van der Waals surface area contributed by atoms with Crippen LogP contribution in [0.1, 0.15) is 21.6 Å². The third-order valence-corrected chi connectivity index (χ3v) is 3.88. The summed E-state index contributed by atoms with van der Waals surface area (Å²) in [4.78, 5) is 22.7. The Morgan fingerprint density at radius 1 is 1.16 bits per heavy atom. The topological polar surface area (TPSA) is 98.3 Å². The summed E-state index contributed by atoms with van der Waals surface area (Å²) < 4.78 is 1.45. The van der Waals surface area contributed by atoms with Crippen molar-refractivity contribution in [3.8, 4) is 16.9 Å². The maximum atomic E-state index is 11.8. The molecule has 0 bridgehead atoms. The quantitative estimate of drug-likeness (QED) is 0.577. The average Bonchev–Trinajstić information content (AvgIpc) is 2.92. The minimum Gasteiger partial charge on any atom is -0.478 e. The number of aromatic carboxylic acids is 1. The molecule has 1 heterocycles. The zero-order valence-corrected chi connectivity index (χ0v) is 13.6. The maximum Gasteiger partial charge on any atom is 0.339 e. The SMILES string of the molecule is Cc1cccc(-n2nc(C)c(C(=O)O)c2-c2ccccc2[N+](=O)[O-])c1. The van der Waals surface area contributed by atoms with Crippen molar-refractivity contribution in [1.82, 2.24) is 9.78 Å². The van der Waals surface area contributed by atoms with E-state index >= 15 is 0 Å². The van der Waals surface area contributed by atoms with E-state index in [0.717, 1.165) is 5.56 Å². The van der Waals surface area contributed by atoms with Crippen LogP contribution in [0, 0.1) is 24.0 Å². The molecule has 0 aliphatic heterocycles. The van der Waals surface area contributed by atoms with Crippen molar-refractivity contribution in [1.29, 1.82) is 0 Å². The molecular formula is C18H15N3O4. The number of hydrogen-bond acceptors (Lipinski definition) is 4. The number of nitrogens with zero attached hydrogens (tertiary/aromatic N) is 3. The van der Waals surface area contributed by atoms with E-state index in [-0.39, 0.29) is 22.5 Å². The van der Waals surface area contributed by atoms with Gasteiger partial charge in [0, 0.05) is 6.07 Å². The zero-order chi connectivity index (χ0) is 18.1. The fourth-order valence-corrected chi connectivity index (χ4v) is 2.81. The van der Waals surface area contributed by atoms with E-state index in [0.29, 0.717) is 11.4 Å². The van der Waals surface area contributed by atoms with Crippen molar-refractivity contribution in [2.75, 3.05) is 0 Å². The van der Waals surface area contributed by atoms with Crippen LogP contribution in [0.4, 0.5) is 5.69 Å². The van der Waals surface area contributed by atoms with Crippen LogP contribution in [0.3, 0.4) is 0 Å². The predicted molar refractivity (Wildman–Crippen MR) is 92.1 cm³/mol. The molecule has 7 nitrogen and oxygen atoms in total. The highest BCUT2D eigenvalue weighted by Gasteiger charge is 2.28. The van der Waals surface area contributed by atoms with Gasteiger partial charge in [0.25, 0.3) is 5.69 Å². The van der Waals surface area contributed by atoms with Crippen molar-refractivity contribution in [2.24, 2.45) is 0 Å². The monoisotopic (exact) mass is 337 g/mol. The third kappa shape index (κ3) is 2.87. The number of rotatable bonds is 4. The van der Waals surface area contributed by atoms with Gasteiger partial charge in [-0.15, -0.1) is 0 Å². The Morgan fingerprint density at radius 3 is 2.52 bits per heavy atom. The van der Waals surface area contributed by atoms with Gasteiger partial charge in [-0.2, -0.15) is 5.10 Å². The van der Waals surface area contributed by atoms with Crippen LogP contribution < -0.4 is 0 Å². The minimum absolute atomic E-state index is 0.0455. The summed E-state index contributed by atoms with van der Waals surface area (Å²) in [6.07, 6.45) is 0. The smallest absolute Gasteiger partial charge is 0.339 e. The highest BCUT2D eigenvalue weighted by molar-refractivity contribution is 5.98. The molecule has 3 rings (SSSR count). The summed E-state index contributed by atoms with van der Waals surface area (Å²) in [5.41, 5.74) is 2.10. The summed E-state index contributed by atoms with van der Waals surface area (Å²) in [7, 11) is 0. The first-order valence-electron chi connectivity index (χ1n) is 7.54. The first kappa shape index (κ1) is 16.4. The lowest BCUT2D eigenvalue weighted by Crippen LogP contribution is -2.05. The first-order valence-corrected chi connectivity index (χ1v) is 7.54. The van der Waals surface area contributed by atoms with Gasteiger partial charge in [-0.25, -0.2) is 9.48 Å². The van der Waals surface area contributed by atoms with Gasteiger partial charge in [0.1, 0.15) is 5.56 Å². The molecule has 3 aromatic rings. The Hall–Kier alpha value is -3.48. The van der Waals surface area contributed by atoms with Gasteiger partial charge in [-0.3, -0.25) is 10.1 Å². The van der Waals surface area contributed by atoms with E-state index in [2.05, 4.69) is 5.10 Å². The van der Waals surface area contributed by atoms with Crippen molar-refractivity contribution in [2.45, 2.75) is 13.8 Å². The normalized spacial score (nSPS) is 10.6. The van der Waals surface area contributed by atoms with Crippen LogP contribution >= 0.6 is 0 Å². The lowest BCUT2D eigenvalue weighted by Gasteiger charge is -2.10. The van der Waals surface area contributed by atoms with Crippen LogP contribution in [0.25, 0.3) is 16.9 Å². The largest absolute Gasteiger partial charge is 0.478 e. The Balaban J connectivity index is 2.39. The molecule has 0 fully saturated rings. The average molecular weight is 337 g/mol. The van der Waals surface area contributed by atoms with Gasteiger partial charge in [0.15, 0.2) is 0 Å². The number of hydrogen-bond donors (Lipinski definition) is 1. The predicted octanol–water partition coefficient (Wildman–Crippen LogP) is 3.76. The molecule has 1 N–H and O–H groups in total. The number of carboxylic acid groups (broad SMARTS) is 1. The fourth-order valence-electron chi connectivity index (χ4n) is 2.81. The van der Waals surface area contributed by atoms with Gasteiger partial charge < -0.3 is 5.11 Å². The van der Waals surface area contributed by atoms with E-state index in [4.69, 9.17) is 0 Å². The van der Waals surface area contributed by atoms with Crippen molar-refractivity contribution in [3.63, 3.8) is 0 Å². The van der Waals surface area contributed by atoms with Gasteiger partial charge in [-0.1, -0.05) is 24.3 Å². The third-order valence-electron chi connectivity index (χ3n) is 3.88.